The highest BCUT2D eigenvalue weighted by Crippen LogP contribution is 2.23. The first kappa shape index (κ1) is 16.7. The van der Waals surface area contributed by atoms with Crippen LogP contribution in [0.3, 0.4) is 0 Å². The van der Waals surface area contributed by atoms with Gasteiger partial charge in [-0.1, -0.05) is 29.8 Å². The molecule has 2 rings (SSSR count). The average molecular weight is 318 g/mol. The van der Waals surface area contributed by atoms with Crippen LogP contribution in [-0.4, -0.2) is 41.7 Å². The number of aromatic nitrogens is 1. The van der Waals surface area contributed by atoms with Crippen molar-refractivity contribution in [1.82, 2.24) is 10.3 Å². The molecule has 1 aromatic heterocycles. The third-order valence-corrected chi connectivity index (χ3v) is 3.31. The standard InChI is InChI=1S/C16H18N2O5/c1-10-3-5-11(6-4-10)14-13(17-9-23-14)15(19)18-12(16(20)21)7-8-22-2/h3-6,9,12H,7-8H2,1-2H3,(H,18,19)(H,20,21). The van der Waals surface area contributed by atoms with Gasteiger partial charge in [0.15, 0.2) is 17.8 Å². The van der Waals surface area contributed by atoms with Crippen LogP contribution in [0.15, 0.2) is 35.1 Å². The smallest absolute Gasteiger partial charge is 0.326 e. The molecule has 7 nitrogen and oxygen atoms in total. The lowest BCUT2D eigenvalue weighted by Crippen LogP contribution is -2.41. The molecule has 1 atom stereocenters. The van der Waals surface area contributed by atoms with Crippen molar-refractivity contribution in [2.45, 2.75) is 19.4 Å². The summed E-state index contributed by atoms with van der Waals surface area (Å²) in [5.41, 5.74) is 1.82. The van der Waals surface area contributed by atoms with Gasteiger partial charge >= 0.3 is 5.97 Å². The van der Waals surface area contributed by atoms with Gasteiger partial charge in [-0.3, -0.25) is 4.79 Å². The van der Waals surface area contributed by atoms with E-state index < -0.39 is 17.9 Å². The molecule has 122 valence electrons. The number of methoxy groups -OCH3 is 1. The van der Waals surface area contributed by atoms with Crippen molar-refractivity contribution in [3.63, 3.8) is 0 Å². The number of carbonyl (C=O) groups excluding carboxylic acids is 1. The van der Waals surface area contributed by atoms with Crippen molar-refractivity contribution >= 4 is 11.9 Å². The summed E-state index contributed by atoms with van der Waals surface area (Å²) in [6.45, 7) is 2.17. The fraction of sp³-hybridized carbons (Fsp3) is 0.312. The lowest BCUT2D eigenvalue weighted by atomic mass is 10.1. The number of oxazole rings is 1. The molecule has 0 bridgehead atoms. The molecule has 0 aliphatic carbocycles. The molecular weight excluding hydrogens is 300 g/mol. The van der Waals surface area contributed by atoms with Crippen LogP contribution in [0.25, 0.3) is 11.3 Å². The second kappa shape index (κ2) is 7.55. The van der Waals surface area contributed by atoms with Gasteiger partial charge in [0.05, 0.1) is 0 Å². The van der Waals surface area contributed by atoms with E-state index in [-0.39, 0.29) is 18.7 Å². The van der Waals surface area contributed by atoms with E-state index in [2.05, 4.69) is 10.3 Å². The summed E-state index contributed by atoms with van der Waals surface area (Å²) in [5.74, 6) is -1.42. The molecular formula is C16H18N2O5. The SMILES string of the molecule is COCCC(NC(=O)c1ncoc1-c1ccc(C)cc1)C(=O)O. The second-order valence-electron chi connectivity index (χ2n) is 5.04. The number of carbonyl (C=O) groups is 2. The minimum absolute atomic E-state index is 0.0533. The van der Waals surface area contributed by atoms with Crippen LogP contribution in [0.2, 0.25) is 0 Å². The number of hydrogen-bond acceptors (Lipinski definition) is 5. The van der Waals surface area contributed by atoms with Crippen molar-refractivity contribution in [1.29, 1.82) is 0 Å². The number of carboxylic acid groups (broad SMARTS) is 1. The molecule has 0 spiro atoms. The van der Waals surface area contributed by atoms with Gasteiger partial charge in [-0.15, -0.1) is 0 Å². The minimum Gasteiger partial charge on any atom is -0.480 e. The maximum absolute atomic E-state index is 12.3. The van der Waals surface area contributed by atoms with Gasteiger partial charge in [0, 0.05) is 25.7 Å². The van der Waals surface area contributed by atoms with Crippen molar-refractivity contribution in [3.05, 3.63) is 41.9 Å². The van der Waals surface area contributed by atoms with Crippen LogP contribution >= 0.6 is 0 Å². The Morgan fingerprint density at radius 2 is 2.04 bits per heavy atom. The highest BCUT2D eigenvalue weighted by atomic mass is 16.5. The molecule has 0 saturated carbocycles. The first-order chi connectivity index (χ1) is 11.0. The molecule has 0 aliphatic rings. The molecule has 0 fully saturated rings. The van der Waals surface area contributed by atoms with E-state index in [0.717, 1.165) is 12.0 Å². The number of aryl methyl sites for hydroxylation is 1. The number of nitrogens with zero attached hydrogens (tertiary/aromatic N) is 1. The topological polar surface area (TPSA) is 102 Å². The molecule has 1 unspecified atom stereocenters. The summed E-state index contributed by atoms with van der Waals surface area (Å²) in [6, 6.07) is 6.35. The molecule has 0 aliphatic heterocycles. The quantitative estimate of drug-likeness (QED) is 0.808. The maximum atomic E-state index is 12.3. The molecule has 2 aromatic rings. The number of rotatable bonds is 7. The highest BCUT2D eigenvalue weighted by Gasteiger charge is 2.24. The second-order valence-corrected chi connectivity index (χ2v) is 5.04. The molecule has 0 radical (unpaired) electrons. The molecule has 1 heterocycles. The van der Waals surface area contributed by atoms with Crippen LogP contribution in [-0.2, 0) is 9.53 Å². The molecule has 0 saturated heterocycles. The van der Waals surface area contributed by atoms with Gasteiger partial charge in [-0.2, -0.15) is 0 Å². The molecule has 7 heteroatoms. The number of nitrogens with one attached hydrogen (secondary N) is 1. The zero-order chi connectivity index (χ0) is 16.8. The third-order valence-electron chi connectivity index (χ3n) is 3.31. The fourth-order valence-corrected chi connectivity index (χ4v) is 2.04. The number of hydrogen-bond donors (Lipinski definition) is 2. The summed E-state index contributed by atoms with van der Waals surface area (Å²) in [6.07, 6.45) is 1.32. The highest BCUT2D eigenvalue weighted by molar-refractivity contribution is 5.99. The fourth-order valence-electron chi connectivity index (χ4n) is 2.04. The number of aliphatic carboxylic acids is 1. The Morgan fingerprint density at radius 1 is 1.35 bits per heavy atom. The Labute approximate surface area is 133 Å². The van der Waals surface area contributed by atoms with E-state index in [4.69, 9.17) is 14.3 Å². The van der Waals surface area contributed by atoms with Gasteiger partial charge in [-0.25, -0.2) is 9.78 Å². The molecule has 2 N–H and O–H groups in total. The Hall–Kier alpha value is -2.67. The summed E-state index contributed by atoms with van der Waals surface area (Å²) in [5, 5.41) is 11.6. The first-order valence-corrected chi connectivity index (χ1v) is 7.06. The molecule has 1 aromatic carbocycles. The normalized spacial score (nSPS) is 11.9. The summed E-state index contributed by atoms with van der Waals surface area (Å²) in [4.78, 5) is 27.4. The summed E-state index contributed by atoms with van der Waals surface area (Å²) in [7, 11) is 1.47. The van der Waals surface area contributed by atoms with Crippen LogP contribution in [0, 0.1) is 6.92 Å². The van der Waals surface area contributed by atoms with Crippen LogP contribution < -0.4 is 5.32 Å². The lowest BCUT2D eigenvalue weighted by molar-refractivity contribution is -0.139. The van der Waals surface area contributed by atoms with E-state index in [9.17, 15) is 9.59 Å². The van der Waals surface area contributed by atoms with Crippen molar-refractivity contribution < 1.29 is 23.8 Å². The predicted octanol–water partition coefficient (Wildman–Crippen LogP) is 1.87. The summed E-state index contributed by atoms with van der Waals surface area (Å²) >= 11 is 0. The number of ether oxygens (including phenoxy) is 1. The molecule has 1 amide bonds. The van der Waals surface area contributed by atoms with Gasteiger partial charge in [0.25, 0.3) is 5.91 Å². The van der Waals surface area contributed by atoms with Crippen LogP contribution in [0.5, 0.6) is 0 Å². The number of amides is 1. The van der Waals surface area contributed by atoms with Crippen molar-refractivity contribution in [2.24, 2.45) is 0 Å². The predicted molar refractivity (Wildman–Crippen MR) is 82.1 cm³/mol. The average Bonchev–Trinajstić information content (AvgIpc) is 3.01. The van der Waals surface area contributed by atoms with Crippen LogP contribution in [0.1, 0.15) is 22.5 Å². The van der Waals surface area contributed by atoms with E-state index in [1.807, 2.05) is 31.2 Å². The van der Waals surface area contributed by atoms with Crippen molar-refractivity contribution in [3.8, 4) is 11.3 Å². The van der Waals surface area contributed by atoms with E-state index in [1.165, 1.54) is 7.11 Å². The van der Waals surface area contributed by atoms with E-state index in [0.29, 0.717) is 11.3 Å². The van der Waals surface area contributed by atoms with Gasteiger partial charge in [0.1, 0.15) is 6.04 Å². The minimum atomic E-state index is -1.13. The van der Waals surface area contributed by atoms with E-state index >= 15 is 0 Å². The van der Waals surface area contributed by atoms with Gasteiger partial charge < -0.3 is 19.6 Å². The zero-order valence-electron chi connectivity index (χ0n) is 12.9. The third kappa shape index (κ3) is 4.17. The van der Waals surface area contributed by atoms with Crippen molar-refractivity contribution in [2.75, 3.05) is 13.7 Å². The Morgan fingerprint density at radius 3 is 2.65 bits per heavy atom. The Balaban J connectivity index is 2.18. The van der Waals surface area contributed by atoms with E-state index in [1.54, 1.807) is 0 Å². The monoisotopic (exact) mass is 318 g/mol. The van der Waals surface area contributed by atoms with Gasteiger partial charge in [0.2, 0.25) is 0 Å². The zero-order valence-corrected chi connectivity index (χ0v) is 12.9. The first-order valence-electron chi connectivity index (χ1n) is 7.06. The van der Waals surface area contributed by atoms with Crippen LogP contribution in [0.4, 0.5) is 0 Å². The molecule has 23 heavy (non-hydrogen) atoms. The summed E-state index contributed by atoms with van der Waals surface area (Å²) < 4.78 is 10.1. The maximum Gasteiger partial charge on any atom is 0.326 e. The Kier molecular flexibility index (Phi) is 5.48. The number of carboxylic acids is 1. The lowest BCUT2D eigenvalue weighted by Gasteiger charge is -2.13. The van der Waals surface area contributed by atoms with Gasteiger partial charge in [-0.05, 0) is 6.92 Å². The largest absolute Gasteiger partial charge is 0.480 e. The number of benzene rings is 1. The Bertz CT molecular complexity index is 678.